The Balaban J connectivity index is 1.94. The molecule has 3 rings (SSSR count). The molecule has 0 saturated heterocycles. The predicted octanol–water partition coefficient (Wildman–Crippen LogP) is 1.31. The number of anilines is 1. The molecule has 0 amide bonds. The lowest BCUT2D eigenvalue weighted by Gasteiger charge is -2.08. The van der Waals surface area contributed by atoms with Gasteiger partial charge in [0, 0.05) is 31.2 Å². The number of aryl methyl sites for hydroxylation is 1. The van der Waals surface area contributed by atoms with Gasteiger partial charge in [-0.05, 0) is 12.1 Å². The van der Waals surface area contributed by atoms with E-state index in [1.807, 2.05) is 34.6 Å². The second-order valence-corrected chi connectivity index (χ2v) is 4.33. The monoisotopic (exact) mass is 254 g/mol. The minimum Gasteiger partial charge on any atom is -0.384 e. The maximum absolute atomic E-state index is 5.60. The van der Waals surface area contributed by atoms with Gasteiger partial charge in [-0.3, -0.25) is 0 Å². The fourth-order valence-corrected chi connectivity index (χ4v) is 1.95. The maximum Gasteiger partial charge on any atom is 0.128 e. The summed E-state index contributed by atoms with van der Waals surface area (Å²) >= 11 is 0. The third kappa shape index (κ3) is 2.20. The van der Waals surface area contributed by atoms with Gasteiger partial charge in [0.25, 0.3) is 0 Å². The third-order valence-electron chi connectivity index (χ3n) is 3.03. The molecular weight excluding hydrogens is 240 g/mol. The zero-order chi connectivity index (χ0) is 13.2. The van der Waals surface area contributed by atoms with Crippen LogP contribution in [0.1, 0.15) is 5.82 Å². The highest BCUT2D eigenvalue weighted by Gasteiger charge is 2.08. The quantitative estimate of drug-likeness (QED) is 0.764. The molecule has 6 nitrogen and oxygen atoms in total. The summed E-state index contributed by atoms with van der Waals surface area (Å²) in [4.78, 5) is 12.6. The molecule has 2 N–H and O–H groups in total. The molecule has 0 saturated carbocycles. The largest absolute Gasteiger partial charge is 0.384 e. The Bertz CT molecular complexity index is 679. The number of hydrogen-bond acceptors (Lipinski definition) is 4. The van der Waals surface area contributed by atoms with Crippen molar-refractivity contribution in [3.05, 3.63) is 49.1 Å². The van der Waals surface area contributed by atoms with Crippen LogP contribution in [0.4, 0.5) is 5.82 Å². The highest BCUT2D eigenvalue weighted by molar-refractivity contribution is 5.59. The van der Waals surface area contributed by atoms with E-state index in [-0.39, 0.29) is 0 Å². The topological polar surface area (TPSA) is 74.5 Å². The first-order valence-electron chi connectivity index (χ1n) is 5.92. The summed E-state index contributed by atoms with van der Waals surface area (Å²) in [5.41, 5.74) is 7.58. The minimum atomic E-state index is 0.513. The van der Waals surface area contributed by atoms with Crippen molar-refractivity contribution in [2.75, 3.05) is 5.73 Å². The lowest BCUT2D eigenvalue weighted by molar-refractivity contribution is 0.703. The van der Waals surface area contributed by atoms with Crippen molar-refractivity contribution in [3.8, 4) is 11.3 Å². The van der Waals surface area contributed by atoms with E-state index < -0.39 is 0 Å². The molecule has 0 bridgehead atoms. The molecule has 0 aliphatic carbocycles. The molecule has 3 heterocycles. The van der Waals surface area contributed by atoms with Crippen LogP contribution in [0.3, 0.4) is 0 Å². The predicted molar refractivity (Wildman–Crippen MR) is 72.2 cm³/mol. The van der Waals surface area contributed by atoms with Gasteiger partial charge < -0.3 is 14.9 Å². The number of aromatic nitrogens is 5. The molecule has 0 fully saturated rings. The average molecular weight is 254 g/mol. The van der Waals surface area contributed by atoms with Gasteiger partial charge in [-0.2, -0.15) is 0 Å². The van der Waals surface area contributed by atoms with Crippen molar-refractivity contribution in [2.24, 2.45) is 7.05 Å². The Kier molecular flexibility index (Phi) is 2.75. The minimum absolute atomic E-state index is 0.513. The number of nitrogens with two attached hydrogens (primary N) is 1. The molecule has 0 radical (unpaired) electrons. The molecule has 0 aliphatic heterocycles. The zero-order valence-electron chi connectivity index (χ0n) is 10.6. The second-order valence-electron chi connectivity index (χ2n) is 4.33. The summed E-state index contributed by atoms with van der Waals surface area (Å²) in [6, 6.07) is 3.72. The standard InChI is InChI=1S/C13H14N6/c1-18-5-4-16-13(18)8-19-9-15-7-11(19)10-2-3-12(14)17-6-10/h2-7,9H,8H2,1H3,(H2,14,17). The smallest absolute Gasteiger partial charge is 0.128 e. The SMILES string of the molecule is Cn1ccnc1Cn1cncc1-c1ccc(N)nc1. The summed E-state index contributed by atoms with van der Waals surface area (Å²) in [5.74, 6) is 1.49. The molecule has 0 aromatic carbocycles. The van der Waals surface area contributed by atoms with Crippen LogP contribution in [0, 0.1) is 0 Å². The van der Waals surface area contributed by atoms with Crippen LogP contribution >= 0.6 is 0 Å². The van der Waals surface area contributed by atoms with Crippen molar-refractivity contribution in [1.29, 1.82) is 0 Å². The van der Waals surface area contributed by atoms with Gasteiger partial charge >= 0.3 is 0 Å². The lowest BCUT2D eigenvalue weighted by atomic mass is 10.2. The van der Waals surface area contributed by atoms with E-state index in [1.165, 1.54) is 0 Å². The zero-order valence-corrected chi connectivity index (χ0v) is 10.6. The Hall–Kier alpha value is -2.63. The van der Waals surface area contributed by atoms with Crippen molar-refractivity contribution < 1.29 is 0 Å². The fraction of sp³-hybridized carbons (Fsp3) is 0.154. The van der Waals surface area contributed by atoms with Gasteiger partial charge in [0.2, 0.25) is 0 Å². The first-order valence-corrected chi connectivity index (χ1v) is 5.92. The van der Waals surface area contributed by atoms with Crippen molar-refractivity contribution in [2.45, 2.75) is 6.54 Å². The average Bonchev–Trinajstić information content (AvgIpc) is 3.01. The summed E-state index contributed by atoms with van der Waals surface area (Å²) < 4.78 is 4.03. The molecular formula is C13H14N6. The number of hydrogen-bond donors (Lipinski definition) is 1. The van der Waals surface area contributed by atoms with E-state index in [2.05, 4.69) is 15.0 Å². The van der Waals surface area contributed by atoms with Crippen LogP contribution in [-0.2, 0) is 13.6 Å². The second kappa shape index (κ2) is 4.56. The van der Waals surface area contributed by atoms with E-state index in [0.717, 1.165) is 17.1 Å². The molecule has 3 aromatic heterocycles. The summed E-state index contributed by atoms with van der Waals surface area (Å²) in [6.07, 6.45) is 9.07. The first kappa shape index (κ1) is 11.5. The highest BCUT2D eigenvalue weighted by Crippen LogP contribution is 2.19. The maximum atomic E-state index is 5.60. The molecule has 0 unspecified atom stereocenters. The molecule has 0 atom stereocenters. The lowest BCUT2D eigenvalue weighted by Crippen LogP contribution is -2.06. The van der Waals surface area contributed by atoms with Gasteiger partial charge in [0.1, 0.15) is 11.6 Å². The summed E-state index contributed by atoms with van der Waals surface area (Å²) in [7, 11) is 1.98. The van der Waals surface area contributed by atoms with Gasteiger partial charge in [0.05, 0.1) is 24.8 Å². The number of pyridine rings is 1. The Morgan fingerprint density at radius 1 is 1.21 bits per heavy atom. The van der Waals surface area contributed by atoms with Crippen LogP contribution in [0.5, 0.6) is 0 Å². The van der Waals surface area contributed by atoms with Crippen LogP contribution < -0.4 is 5.73 Å². The molecule has 96 valence electrons. The fourth-order valence-electron chi connectivity index (χ4n) is 1.95. The number of nitrogen functional groups attached to an aromatic ring is 1. The molecule has 0 aliphatic rings. The number of nitrogens with zero attached hydrogens (tertiary/aromatic N) is 5. The van der Waals surface area contributed by atoms with Gasteiger partial charge in [0.15, 0.2) is 0 Å². The molecule has 3 aromatic rings. The van der Waals surface area contributed by atoms with E-state index >= 15 is 0 Å². The molecule has 19 heavy (non-hydrogen) atoms. The van der Waals surface area contributed by atoms with Gasteiger partial charge in [-0.1, -0.05) is 0 Å². The number of rotatable bonds is 3. The van der Waals surface area contributed by atoms with Gasteiger partial charge in [-0.25, -0.2) is 15.0 Å². The van der Waals surface area contributed by atoms with E-state index in [0.29, 0.717) is 12.4 Å². The first-order chi connectivity index (χ1) is 9.24. The Labute approximate surface area is 110 Å². The van der Waals surface area contributed by atoms with Crippen molar-refractivity contribution >= 4 is 5.82 Å². The van der Waals surface area contributed by atoms with E-state index in [9.17, 15) is 0 Å². The van der Waals surface area contributed by atoms with Crippen LogP contribution in [0.25, 0.3) is 11.3 Å². The molecule has 6 heteroatoms. The third-order valence-corrected chi connectivity index (χ3v) is 3.03. The highest BCUT2D eigenvalue weighted by atomic mass is 15.1. The Morgan fingerprint density at radius 3 is 2.79 bits per heavy atom. The van der Waals surface area contributed by atoms with Crippen molar-refractivity contribution in [3.63, 3.8) is 0 Å². The van der Waals surface area contributed by atoms with E-state index in [1.54, 1.807) is 24.8 Å². The summed E-state index contributed by atoms with van der Waals surface area (Å²) in [6.45, 7) is 0.670. The van der Waals surface area contributed by atoms with Gasteiger partial charge in [-0.15, -0.1) is 0 Å². The van der Waals surface area contributed by atoms with E-state index in [4.69, 9.17) is 5.73 Å². The normalized spacial score (nSPS) is 10.8. The van der Waals surface area contributed by atoms with Crippen LogP contribution in [0.15, 0.2) is 43.2 Å². The Morgan fingerprint density at radius 2 is 2.11 bits per heavy atom. The van der Waals surface area contributed by atoms with Crippen molar-refractivity contribution in [1.82, 2.24) is 24.1 Å². The molecule has 0 spiro atoms. The van der Waals surface area contributed by atoms with Crippen LogP contribution in [0.2, 0.25) is 0 Å². The summed E-state index contributed by atoms with van der Waals surface area (Å²) in [5, 5.41) is 0. The number of imidazole rings is 2. The van der Waals surface area contributed by atoms with Crippen LogP contribution in [-0.4, -0.2) is 24.1 Å².